The Kier molecular flexibility index (Phi) is 6.44. The van der Waals surface area contributed by atoms with Gasteiger partial charge in [-0.2, -0.15) is 8.42 Å². The molecule has 0 fully saturated rings. The van der Waals surface area contributed by atoms with E-state index in [0.717, 1.165) is 25.7 Å². The van der Waals surface area contributed by atoms with Gasteiger partial charge in [-0.3, -0.25) is 4.79 Å². The molecule has 112 valence electrons. The molecule has 1 amide bonds. The molecule has 0 saturated carbocycles. The summed E-state index contributed by atoms with van der Waals surface area (Å²) in [5, 5.41) is 2.75. The molecule has 1 rings (SSSR count). The van der Waals surface area contributed by atoms with Gasteiger partial charge in [0.05, 0.1) is 0 Å². The van der Waals surface area contributed by atoms with E-state index in [4.69, 9.17) is 0 Å². The third kappa shape index (κ3) is 6.51. The Hall–Kier alpha value is -1.63. The second-order valence-corrected chi connectivity index (χ2v) is 5.27. The molecule has 1 aromatic rings. The quantitative estimate of drug-likeness (QED) is 0.592. The van der Waals surface area contributed by atoms with Gasteiger partial charge in [-0.15, -0.1) is 0 Å². The molecule has 1 aromatic carbocycles. The number of hydrogen-bond acceptors (Lipinski definition) is 4. The van der Waals surface area contributed by atoms with Crippen molar-refractivity contribution in [3.63, 3.8) is 0 Å². The van der Waals surface area contributed by atoms with Crippen LogP contribution in [0.4, 0.5) is 3.89 Å². The fraction of sp³-hybridized carbons (Fsp3) is 0.462. The van der Waals surface area contributed by atoms with Crippen molar-refractivity contribution >= 4 is 16.4 Å². The van der Waals surface area contributed by atoms with E-state index in [0.29, 0.717) is 12.1 Å². The highest BCUT2D eigenvalue weighted by Gasteiger charge is 2.10. The van der Waals surface area contributed by atoms with Crippen molar-refractivity contribution in [3.05, 3.63) is 29.8 Å². The van der Waals surface area contributed by atoms with Gasteiger partial charge in [0.1, 0.15) is 5.75 Å². The van der Waals surface area contributed by atoms with E-state index in [-0.39, 0.29) is 11.7 Å². The third-order valence-corrected chi connectivity index (χ3v) is 3.02. The van der Waals surface area contributed by atoms with Gasteiger partial charge in [-0.05, 0) is 30.7 Å². The van der Waals surface area contributed by atoms with Gasteiger partial charge in [-0.1, -0.05) is 30.1 Å². The fourth-order valence-corrected chi connectivity index (χ4v) is 1.97. The lowest BCUT2D eigenvalue weighted by molar-refractivity contribution is 0.0953. The van der Waals surface area contributed by atoms with Crippen LogP contribution < -0.4 is 9.50 Å². The summed E-state index contributed by atoms with van der Waals surface area (Å²) >= 11 is 0. The molecule has 1 N–H and O–H groups in total. The largest absolute Gasteiger partial charge is 0.488 e. The van der Waals surface area contributed by atoms with E-state index in [2.05, 4.69) is 16.4 Å². The van der Waals surface area contributed by atoms with E-state index in [1.54, 1.807) is 0 Å². The van der Waals surface area contributed by atoms with Crippen LogP contribution in [-0.4, -0.2) is 20.9 Å². The second kappa shape index (κ2) is 7.84. The second-order valence-electron chi connectivity index (χ2n) is 4.32. The lowest BCUT2D eigenvalue weighted by atomic mass is 10.2. The SMILES string of the molecule is CCCCCCNC(=O)c1ccc(OS(=O)(=O)F)cc1. The Balaban J connectivity index is 2.45. The summed E-state index contributed by atoms with van der Waals surface area (Å²) in [6.07, 6.45) is 4.26. The Bertz CT molecular complexity index is 528. The normalized spacial score (nSPS) is 11.1. The number of hydrogen-bond donors (Lipinski definition) is 1. The van der Waals surface area contributed by atoms with Gasteiger partial charge < -0.3 is 9.50 Å². The van der Waals surface area contributed by atoms with Crippen molar-refractivity contribution in [3.8, 4) is 5.75 Å². The number of rotatable bonds is 8. The smallest absolute Gasteiger partial charge is 0.358 e. The molecule has 0 aliphatic heterocycles. The molecular weight excluding hydrogens is 285 g/mol. The van der Waals surface area contributed by atoms with Crippen LogP contribution in [0.1, 0.15) is 43.0 Å². The van der Waals surface area contributed by atoms with E-state index in [1.165, 1.54) is 24.3 Å². The molecule has 20 heavy (non-hydrogen) atoms. The highest BCUT2D eigenvalue weighted by atomic mass is 32.3. The fourth-order valence-electron chi connectivity index (χ4n) is 1.63. The predicted molar refractivity (Wildman–Crippen MR) is 73.6 cm³/mol. The van der Waals surface area contributed by atoms with Crippen LogP contribution in [0.15, 0.2) is 24.3 Å². The average Bonchev–Trinajstić information content (AvgIpc) is 2.37. The average molecular weight is 303 g/mol. The first kappa shape index (κ1) is 16.4. The van der Waals surface area contributed by atoms with E-state index in [1.807, 2.05) is 0 Å². The van der Waals surface area contributed by atoms with Crippen LogP contribution in [0, 0.1) is 0 Å². The Morgan fingerprint density at radius 3 is 2.40 bits per heavy atom. The van der Waals surface area contributed by atoms with Crippen LogP contribution >= 0.6 is 0 Å². The molecule has 0 unspecified atom stereocenters. The molecule has 7 heteroatoms. The van der Waals surface area contributed by atoms with E-state index in [9.17, 15) is 17.1 Å². The Morgan fingerprint density at radius 1 is 1.20 bits per heavy atom. The standard InChI is InChI=1S/C13H18FNO4S/c1-2-3-4-5-10-15-13(16)11-6-8-12(9-7-11)19-20(14,17)18/h6-9H,2-5,10H2,1H3,(H,15,16). The summed E-state index contributed by atoms with van der Waals surface area (Å²) in [5.41, 5.74) is 0.365. The number of amides is 1. The van der Waals surface area contributed by atoms with Gasteiger partial charge in [0.2, 0.25) is 0 Å². The number of halogens is 1. The van der Waals surface area contributed by atoms with Crippen LogP contribution in [0.5, 0.6) is 5.75 Å². The van der Waals surface area contributed by atoms with Gasteiger partial charge in [0.15, 0.2) is 0 Å². The van der Waals surface area contributed by atoms with Gasteiger partial charge in [0.25, 0.3) is 5.91 Å². The molecule has 0 spiro atoms. The Morgan fingerprint density at radius 2 is 1.85 bits per heavy atom. The topological polar surface area (TPSA) is 72.5 Å². The molecule has 5 nitrogen and oxygen atoms in total. The van der Waals surface area contributed by atoms with E-state index < -0.39 is 10.5 Å². The summed E-state index contributed by atoms with van der Waals surface area (Å²) in [4.78, 5) is 11.7. The zero-order valence-electron chi connectivity index (χ0n) is 11.3. The predicted octanol–water partition coefficient (Wildman–Crippen LogP) is 2.59. The molecule has 0 bridgehead atoms. The minimum Gasteiger partial charge on any atom is -0.358 e. The molecule has 0 radical (unpaired) electrons. The van der Waals surface area contributed by atoms with Crippen LogP contribution in [0.3, 0.4) is 0 Å². The highest BCUT2D eigenvalue weighted by molar-refractivity contribution is 7.81. The zero-order chi connectivity index (χ0) is 15.0. The van der Waals surface area contributed by atoms with Gasteiger partial charge >= 0.3 is 10.5 Å². The third-order valence-electron chi connectivity index (χ3n) is 2.63. The molecule has 0 heterocycles. The van der Waals surface area contributed by atoms with Gasteiger partial charge in [-0.25, -0.2) is 0 Å². The molecule has 0 atom stereocenters. The summed E-state index contributed by atoms with van der Waals surface area (Å²) in [6, 6.07) is 5.20. The minimum atomic E-state index is -5.03. The van der Waals surface area contributed by atoms with Crippen molar-refractivity contribution in [2.75, 3.05) is 6.54 Å². The van der Waals surface area contributed by atoms with Crippen LogP contribution in [0.2, 0.25) is 0 Å². The van der Waals surface area contributed by atoms with Crippen molar-refractivity contribution in [2.45, 2.75) is 32.6 Å². The van der Waals surface area contributed by atoms with Crippen LogP contribution in [0.25, 0.3) is 0 Å². The Labute approximate surface area is 118 Å². The number of benzene rings is 1. The lowest BCUT2D eigenvalue weighted by Gasteiger charge is -2.05. The van der Waals surface area contributed by atoms with Crippen molar-refractivity contribution < 1.29 is 21.3 Å². The number of carbonyl (C=O) groups excluding carboxylic acids is 1. The highest BCUT2D eigenvalue weighted by Crippen LogP contribution is 2.15. The zero-order valence-corrected chi connectivity index (χ0v) is 12.1. The first-order valence-electron chi connectivity index (χ1n) is 6.44. The summed E-state index contributed by atoms with van der Waals surface area (Å²) in [6.45, 7) is 2.70. The van der Waals surface area contributed by atoms with Crippen molar-refractivity contribution in [1.82, 2.24) is 5.32 Å². The lowest BCUT2D eigenvalue weighted by Crippen LogP contribution is -2.24. The molecule has 0 aromatic heterocycles. The van der Waals surface area contributed by atoms with Crippen molar-refractivity contribution in [2.24, 2.45) is 0 Å². The first-order chi connectivity index (χ1) is 9.42. The summed E-state index contributed by atoms with van der Waals surface area (Å²) in [7, 11) is -5.03. The maximum absolute atomic E-state index is 12.3. The molecule has 0 aliphatic carbocycles. The summed E-state index contributed by atoms with van der Waals surface area (Å²) < 4.78 is 36.9. The maximum atomic E-state index is 12.3. The molecule has 0 saturated heterocycles. The maximum Gasteiger partial charge on any atom is 0.488 e. The van der Waals surface area contributed by atoms with E-state index >= 15 is 0 Å². The van der Waals surface area contributed by atoms with Crippen molar-refractivity contribution in [1.29, 1.82) is 0 Å². The number of unbranched alkanes of at least 4 members (excludes halogenated alkanes) is 3. The number of carbonyl (C=O) groups is 1. The number of nitrogens with one attached hydrogen (secondary N) is 1. The molecule has 0 aliphatic rings. The molecular formula is C13H18FNO4S. The van der Waals surface area contributed by atoms with Gasteiger partial charge in [0, 0.05) is 12.1 Å². The first-order valence-corrected chi connectivity index (χ1v) is 7.75. The monoisotopic (exact) mass is 303 g/mol. The van der Waals surface area contributed by atoms with Crippen LogP contribution in [-0.2, 0) is 10.5 Å². The minimum absolute atomic E-state index is 0.174. The summed E-state index contributed by atoms with van der Waals surface area (Å²) in [5.74, 6) is -0.428.